The van der Waals surface area contributed by atoms with Gasteiger partial charge in [0.1, 0.15) is 11.6 Å². The number of rotatable bonds is 6. The van der Waals surface area contributed by atoms with Gasteiger partial charge in [0.25, 0.3) is 5.91 Å². The van der Waals surface area contributed by atoms with Crippen molar-refractivity contribution in [1.82, 2.24) is 14.9 Å². The Kier molecular flexibility index (Phi) is 5.57. The van der Waals surface area contributed by atoms with E-state index in [1.54, 1.807) is 13.3 Å². The molecule has 0 bridgehead atoms. The topological polar surface area (TPSA) is 67.3 Å². The molecule has 4 rings (SSSR count). The Labute approximate surface area is 166 Å². The molecule has 0 radical (unpaired) electrons. The van der Waals surface area contributed by atoms with Crippen molar-refractivity contribution in [3.8, 4) is 5.75 Å². The number of amides is 1. The third-order valence-electron chi connectivity index (χ3n) is 5.76. The van der Waals surface area contributed by atoms with Gasteiger partial charge in [-0.15, -0.1) is 0 Å². The summed E-state index contributed by atoms with van der Waals surface area (Å²) in [6, 6.07) is 7.27. The average molecular weight is 380 g/mol. The standard InChI is InChI=1S/C22H28N4O2/c1-15-20(22(27)25-18-5-7-19(28-2)8-6-18)13-23-21(24-15)17-9-11-26(12-10-17)14-16-3-4-16/h5-8,13,16-17H,3-4,9-12,14H2,1-2H3,(H,25,27). The lowest BCUT2D eigenvalue weighted by Gasteiger charge is -2.31. The summed E-state index contributed by atoms with van der Waals surface area (Å²) in [5, 5.41) is 2.90. The van der Waals surface area contributed by atoms with Gasteiger partial charge in [-0.1, -0.05) is 0 Å². The molecule has 0 unspecified atom stereocenters. The molecule has 1 aliphatic heterocycles. The summed E-state index contributed by atoms with van der Waals surface area (Å²) in [6.07, 6.45) is 6.69. The van der Waals surface area contributed by atoms with Crippen LogP contribution in [0.2, 0.25) is 0 Å². The molecule has 2 heterocycles. The first kappa shape index (κ1) is 18.9. The molecule has 6 heteroatoms. The van der Waals surface area contributed by atoms with Crippen LogP contribution in [-0.2, 0) is 0 Å². The lowest BCUT2D eigenvalue weighted by molar-refractivity contribution is 0.102. The van der Waals surface area contributed by atoms with E-state index in [2.05, 4.69) is 20.2 Å². The predicted molar refractivity (Wildman–Crippen MR) is 109 cm³/mol. The Morgan fingerprint density at radius 2 is 1.89 bits per heavy atom. The Hall–Kier alpha value is -2.47. The molecule has 2 fully saturated rings. The molecule has 1 aliphatic carbocycles. The zero-order valence-corrected chi connectivity index (χ0v) is 16.6. The highest BCUT2D eigenvalue weighted by Gasteiger charge is 2.28. The summed E-state index contributed by atoms with van der Waals surface area (Å²) in [5.41, 5.74) is 1.97. The second-order valence-corrected chi connectivity index (χ2v) is 7.93. The van der Waals surface area contributed by atoms with Crippen molar-refractivity contribution in [3.63, 3.8) is 0 Å². The molecule has 2 aromatic rings. The number of ether oxygens (including phenoxy) is 1. The van der Waals surface area contributed by atoms with E-state index in [1.807, 2.05) is 31.2 Å². The van der Waals surface area contributed by atoms with Crippen molar-refractivity contribution in [2.45, 2.75) is 38.5 Å². The molecular weight excluding hydrogens is 352 g/mol. The molecule has 148 valence electrons. The first-order chi connectivity index (χ1) is 13.6. The molecule has 0 spiro atoms. The van der Waals surface area contributed by atoms with Crippen LogP contribution < -0.4 is 10.1 Å². The summed E-state index contributed by atoms with van der Waals surface area (Å²) >= 11 is 0. The Bertz CT molecular complexity index is 825. The molecule has 1 saturated heterocycles. The van der Waals surface area contributed by atoms with Crippen LogP contribution in [-0.4, -0.2) is 47.5 Å². The van der Waals surface area contributed by atoms with Crippen LogP contribution in [0.3, 0.4) is 0 Å². The molecule has 2 aliphatic rings. The summed E-state index contributed by atoms with van der Waals surface area (Å²) in [7, 11) is 1.62. The van der Waals surface area contributed by atoms with Crippen LogP contribution in [0.5, 0.6) is 5.75 Å². The molecule has 1 aromatic heterocycles. The minimum absolute atomic E-state index is 0.187. The minimum Gasteiger partial charge on any atom is -0.497 e. The lowest BCUT2D eigenvalue weighted by Crippen LogP contribution is -2.35. The quantitative estimate of drug-likeness (QED) is 0.829. The van der Waals surface area contributed by atoms with E-state index in [9.17, 15) is 4.79 Å². The van der Waals surface area contributed by atoms with Crippen LogP contribution in [0.25, 0.3) is 0 Å². The van der Waals surface area contributed by atoms with Crippen molar-refractivity contribution in [2.75, 3.05) is 32.1 Å². The normalized spacial score (nSPS) is 18.1. The van der Waals surface area contributed by atoms with Crippen molar-refractivity contribution in [2.24, 2.45) is 5.92 Å². The number of nitrogens with zero attached hydrogens (tertiary/aromatic N) is 3. The van der Waals surface area contributed by atoms with Gasteiger partial charge in [0.05, 0.1) is 18.4 Å². The second-order valence-electron chi connectivity index (χ2n) is 7.93. The van der Waals surface area contributed by atoms with Crippen molar-refractivity contribution in [1.29, 1.82) is 0 Å². The number of nitrogens with one attached hydrogen (secondary N) is 1. The number of carbonyl (C=O) groups excluding carboxylic acids is 1. The molecule has 6 nitrogen and oxygen atoms in total. The number of benzene rings is 1. The molecule has 28 heavy (non-hydrogen) atoms. The number of likely N-dealkylation sites (tertiary alicyclic amines) is 1. The maximum Gasteiger partial charge on any atom is 0.259 e. The van der Waals surface area contributed by atoms with Gasteiger partial charge < -0.3 is 15.0 Å². The van der Waals surface area contributed by atoms with Crippen molar-refractivity contribution >= 4 is 11.6 Å². The summed E-state index contributed by atoms with van der Waals surface area (Å²) in [5.74, 6) is 2.79. The molecule has 1 N–H and O–H groups in total. The predicted octanol–water partition coefficient (Wildman–Crippen LogP) is 3.64. The highest BCUT2D eigenvalue weighted by molar-refractivity contribution is 6.04. The number of hydrogen-bond donors (Lipinski definition) is 1. The number of methoxy groups -OCH3 is 1. The second kappa shape index (κ2) is 8.27. The largest absolute Gasteiger partial charge is 0.497 e. The summed E-state index contributed by atoms with van der Waals surface area (Å²) < 4.78 is 5.14. The Morgan fingerprint density at radius 3 is 2.50 bits per heavy atom. The fourth-order valence-corrected chi connectivity index (χ4v) is 3.82. The van der Waals surface area contributed by atoms with E-state index in [4.69, 9.17) is 4.74 Å². The van der Waals surface area contributed by atoms with E-state index in [0.717, 1.165) is 54.8 Å². The summed E-state index contributed by atoms with van der Waals surface area (Å²) in [6.45, 7) is 5.40. The van der Waals surface area contributed by atoms with E-state index in [-0.39, 0.29) is 5.91 Å². The Morgan fingerprint density at radius 1 is 1.18 bits per heavy atom. The van der Waals surface area contributed by atoms with Gasteiger partial charge in [0, 0.05) is 24.3 Å². The smallest absolute Gasteiger partial charge is 0.259 e. The number of carbonyl (C=O) groups is 1. The van der Waals surface area contributed by atoms with Gasteiger partial charge in [-0.3, -0.25) is 4.79 Å². The third-order valence-corrected chi connectivity index (χ3v) is 5.76. The van der Waals surface area contributed by atoms with Crippen LogP contribution in [0, 0.1) is 12.8 Å². The minimum atomic E-state index is -0.187. The van der Waals surface area contributed by atoms with E-state index in [1.165, 1.54) is 19.4 Å². The van der Waals surface area contributed by atoms with Crippen LogP contribution in [0.1, 0.15) is 53.5 Å². The van der Waals surface area contributed by atoms with Gasteiger partial charge in [-0.2, -0.15) is 0 Å². The lowest BCUT2D eigenvalue weighted by atomic mass is 9.95. The highest BCUT2D eigenvalue weighted by atomic mass is 16.5. The van der Waals surface area contributed by atoms with Gasteiger partial charge in [0.15, 0.2) is 0 Å². The van der Waals surface area contributed by atoms with E-state index >= 15 is 0 Å². The third kappa shape index (κ3) is 4.50. The van der Waals surface area contributed by atoms with E-state index in [0.29, 0.717) is 11.5 Å². The first-order valence-corrected chi connectivity index (χ1v) is 10.1. The molecular formula is C22H28N4O2. The fraction of sp³-hybridized carbons (Fsp3) is 0.500. The maximum absolute atomic E-state index is 12.6. The zero-order valence-electron chi connectivity index (χ0n) is 16.6. The van der Waals surface area contributed by atoms with Crippen LogP contribution in [0.4, 0.5) is 5.69 Å². The van der Waals surface area contributed by atoms with Crippen molar-refractivity contribution in [3.05, 3.63) is 47.5 Å². The highest BCUT2D eigenvalue weighted by Crippen LogP contribution is 2.32. The number of hydrogen-bond acceptors (Lipinski definition) is 5. The van der Waals surface area contributed by atoms with Gasteiger partial charge in [-0.05, 0) is 75.9 Å². The first-order valence-electron chi connectivity index (χ1n) is 10.1. The molecule has 1 amide bonds. The molecule has 1 saturated carbocycles. The van der Waals surface area contributed by atoms with Gasteiger partial charge >= 0.3 is 0 Å². The summed E-state index contributed by atoms with van der Waals surface area (Å²) in [4.78, 5) is 24.4. The number of aryl methyl sites for hydroxylation is 1. The number of anilines is 1. The number of piperidine rings is 1. The monoisotopic (exact) mass is 380 g/mol. The molecule has 0 atom stereocenters. The zero-order chi connectivity index (χ0) is 19.5. The van der Waals surface area contributed by atoms with Crippen molar-refractivity contribution < 1.29 is 9.53 Å². The SMILES string of the molecule is COc1ccc(NC(=O)c2cnc(C3CCN(CC4CC4)CC3)nc2C)cc1. The van der Waals surface area contributed by atoms with E-state index < -0.39 is 0 Å². The average Bonchev–Trinajstić information content (AvgIpc) is 3.53. The fourth-order valence-electron chi connectivity index (χ4n) is 3.82. The number of aromatic nitrogens is 2. The molecule has 1 aromatic carbocycles. The van der Waals surface area contributed by atoms with Crippen LogP contribution in [0.15, 0.2) is 30.5 Å². The maximum atomic E-state index is 12.6. The van der Waals surface area contributed by atoms with Gasteiger partial charge in [0.2, 0.25) is 0 Å². The van der Waals surface area contributed by atoms with Gasteiger partial charge in [-0.25, -0.2) is 9.97 Å². The van der Waals surface area contributed by atoms with Crippen LogP contribution >= 0.6 is 0 Å². The Balaban J connectivity index is 1.37.